The molecule has 0 aromatic heterocycles. The van der Waals surface area contributed by atoms with Gasteiger partial charge in [0.1, 0.15) is 24.9 Å². The third kappa shape index (κ3) is 10.3. The van der Waals surface area contributed by atoms with E-state index in [1.807, 2.05) is 0 Å². The molecule has 0 rings (SSSR count). The molecule has 0 aliphatic carbocycles. The largest absolute Gasteiger partial charge is 0.480 e. The van der Waals surface area contributed by atoms with E-state index in [2.05, 4.69) is 10.6 Å². The van der Waals surface area contributed by atoms with Gasteiger partial charge in [-0.25, -0.2) is 0 Å². The minimum atomic E-state index is -1.24. The maximum atomic E-state index is 11.8. The van der Waals surface area contributed by atoms with Crippen LogP contribution < -0.4 is 16.4 Å². The molecule has 6 N–H and O–H groups in total. The van der Waals surface area contributed by atoms with E-state index in [1.165, 1.54) is 0 Å². The zero-order valence-electron chi connectivity index (χ0n) is 12.2. The van der Waals surface area contributed by atoms with Gasteiger partial charge in [-0.15, -0.1) is 0 Å². The number of nitrogens with one attached hydrogen (secondary N) is 2. The van der Waals surface area contributed by atoms with Crippen LogP contribution in [0.5, 0.6) is 0 Å². The highest BCUT2D eigenvalue weighted by Gasteiger charge is 2.22. The summed E-state index contributed by atoms with van der Waals surface area (Å²) in [6, 6.07) is -2.22. The van der Waals surface area contributed by atoms with Crippen molar-refractivity contribution in [3.8, 4) is 0 Å². The van der Waals surface area contributed by atoms with Crippen LogP contribution in [-0.2, 0) is 24.0 Å². The van der Waals surface area contributed by atoms with E-state index in [9.17, 15) is 24.0 Å². The lowest BCUT2D eigenvalue weighted by Gasteiger charge is -2.17. The quantitative estimate of drug-likeness (QED) is 0.193. The normalized spacial score (nSPS) is 12.7. The van der Waals surface area contributed by atoms with Gasteiger partial charge in [0.05, 0.1) is 0 Å². The van der Waals surface area contributed by atoms with E-state index >= 15 is 0 Å². The number of aldehydes is 1. The Bertz CT molecular complexity index is 458. The second-order valence-electron chi connectivity index (χ2n) is 4.42. The number of carbonyl (C=O) groups is 5. The van der Waals surface area contributed by atoms with Crippen molar-refractivity contribution in [3.63, 3.8) is 0 Å². The lowest BCUT2D eigenvalue weighted by Crippen LogP contribution is -2.49. The number of carboxylic acids is 2. The van der Waals surface area contributed by atoms with Gasteiger partial charge in [0.15, 0.2) is 0 Å². The van der Waals surface area contributed by atoms with Gasteiger partial charge in [-0.3, -0.25) is 19.2 Å². The van der Waals surface area contributed by atoms with Crippen molar-refractivity contribution in [3.05, 3.63) is 0 Å². The van der Waals surface area contributed by atoms with E-state index in [0.717, 1.165) is 11.8 Å². The number of amides is 2. The van der Waals surface area contributed by atoms with Gasteiger partial charge in [0.25, 0.3) is 0 Å². The minimum Gasteiger partial charge on any atom is -0.480 e. The molecule has 0 fully saturated rings. The number of nitrogens with two attached hydrogens (primary N) is 1. The Balaban J connectivity index is 4.50. The Labute approximate surface area is 136 Å². The first-order valence-electron chi connectivity index (χ1n) is 6.56. The average molecular weight is 349 g/mol. The Morgan fingerprint density at radius 3 is 2.39 bits per heavy atom. The van der Waals surface area contributed by atoms with E-state index in [4.69, 9.17) is 15.9 Å². The molecule has 2 unspecified atom stereocenters. The molecule has 0 saturated heterocycles. The summed E-state index contributed by atoms with van der Waals surface area (Å²) < 4.78 is 0. The van der Waals surface area contributed by atoms with E-state index < -0.39 is 42.4 Å². The van der Waals surface area contributed by atoms with Crippen molar-refractivity contribution in [2.24, 2.45) is 5.73 Å². The highest BCUT2D eigenvalue weighted by molar-refractivity contribution is 7.99. The molecular weight excluding hydrogens is 330 g/mol. The van der Waals surface area contributed by atoms with Gasteiger partial charge in [0, 0.05) is 17.9 Å². The topological polar surface area (TPSA) is 176 Å². The van der Waals surface area contributed by atoms with Crippen molar-refractivity contribution >= 4 is 41.8 Å². The van der Waals surface area contributed by atoms with Crippen molar-refractivity contribution in [2.45, 2.75) is 24.9 Å². The van der Waals surface area contributed by atoms with E-state index in [-0.39, 0.29) is 24.3 Å². The minimum absolute atomic E-state index is 0.0704. The zero-order valence-corrected chi connectivity index (χ0v) is 13.0. The summed E-state index contributed by atoms with van der Waals surface area (Å²) >= 11 is 1.09. The lowest BCUT2D eigenvalue weighted by molar-refractivity contribution is -0.139. The number of carbonyl (C=O) groups excluding carboxylic acids is 3. The third-order valence-corrected chi connectivity index (χ3v) is 3.48. The molecule has 10 nitrogen and oxygen atoms in total. The van der Waals surface area contributed by atoms with Gasteiger partial charge in [-0.1, -0.05) is 0 Å². The molecule has 0 aromatic rings. The Kier molecular flexibility index (Phi) is 10.4. The smallest absolute Gasteiger partial charge is 0.322 e. The predicted molar refractivity (Wildman–Crippen MR) is 80.8 cm³/mol. The zero-order chi connectivity index (χ0) is 17.8. The summed E-state index contributed by atoms with van der Waals surface area (Å²) in [4.78, 5) is 54.8. The summed E-state index contributed by atoms with van der Waals surface area (Å²) in [5, 5.41) is 21.6. The van der Waals surface area contributed by atoms with Crippen LogP contribution in [0.4, 0.5) is 0 Å². The molecule has 0 spiro atoms. The Morgan fingerprint density at radius 1 is 1.22 bits per heavy atom. The maximum Gasteiger partial charge on any atom is 0.322 e. The summed E-state index contributed by atoms with van der Waals surface area (Å²) in [7, 11) is 0. The Morgan fingerprint density at radius 2 is 1.87 bits per heavy atom. The van der Waals surface area contributed by atoms with Crippen molar-refractivity contribution in [1.29, 1.82) is 0 Å². The molecule has 130 valence electrons. The summed E-state index contributed by atoms with van der Waals surface area (Å²) in [5.41, 5.74) is 5.27. The van der Waals surface area contributed by atoms with Crippen LogP contribution in [0.1, 0.15) is 12.8 Å². The first-order valence-corrected chi connectivity index (χ1v) is 7.72. The van der Waals surface area contributed by atoms with Crippen LogP contribution in [0.2, 0.25) is 0 Å². The molecule has 0 aliphatic rings. The SMILES string of the molecule is NC(CCC(=O)NC(CSCC=O)C(=O)NCC(=O)O)C(=O)O. The predicted octanol–water partition coefficient (Wildman–Crippen LogP) is -2.20. The maximum absolute atomic E-state index is 11.8. The molecule has 11 heteroatoms. The number of hydrogen-bond donors (Lipinski definition) is 5. The highest BCUT2D eigenvalue weighted by atomic mass is 32.2. The van der Waals surface area contributed by atoms with Gasteiger partial charge < -0.3 is 31.4 Å². The first-order chi connectivity index (χ1) is 10.8. The molecular formula is C12H19N3O7S. The molecule has 0 aromatic carbocycles. The molecule has 2 amide bonds. The molecule has 2 atom stereocenters. The number of rotatable bonds is 12. The van der Waals surface area contributed by atoms with Crippen molar-refractivity contribution < 1.29 is 34.2 Å². The van der Waals surface area contributed by atoms with Crippen LogP contribution >= 0.6 is 11.8 Å². The van der Waals surface area contributed by atoms with Gasteiger partial charge in [-0.2, -0.15) is 11.8 Å². The monoisotopic (exact) mass is 349 g/mol. The van der Waals surface area contributed by atoms with Crippen LogP contribution in [0.3, 0.4) is 0 Å². The number of hydrogen-bond acceptors (Lipinski definition) is 7. The highest BCUT2D eigenvalue weighted by Crippen LogP contribution is 2.03. The fourth-order valence-electron chi connectivity index (χ4n) is 1.38. The second-order valence-corrected chi connectivity index (χ2v) is 5.49. The van der Waals surface area contributed by atoms with Gasteiger partial charge >= 0.3 is 11.9 Å². The standard InChI is InChI=1S/C12H19N3O7S/c13-7(12(21)22)1-2-9(17)15-8(6-23-4-3-16)11(20)14-5-10(18)19/h3,7-8H,1-2,4-6,13H2,(H,14,20)(H,15,17)(H,18,19)(H,21,22). The van der Waals surface area contributed by atoms with Crippen LogP contribution in [-0.4, -0.2) is 70.4 Å². The lowest BCUT2D eigenvalue weighted by atomic mass is 10.1. The van der Waals surface area contributed by atoms with Crippen molar-refractivity contribution in [2.75, 3.05) is 18.1 Å². The average Bonchev–Trinajstić information content (AvgIpc) is 2.49. The van der Waals surface area contributed by atoms with Crippen molar-refractivity contribution in [1.82, 2.24) is 10.6 Å². The molecule has 0 radical (unpaired) electrons. The van der Waals surface area contributed by atoms with Crippen LogP contribution in [0, 0.1) is 0 Å². The molecule has 0 saturated carbocycles. The Hall–Kier alpha value is -2.14. The number of carboxylic acid groups (broad SMARTS) is 2. The van der Waals surface area contributed by atoms with Gasteiger partial charge in [-0.05, 0) is 6.42 Å². The molecule has 0 bridgehead atoms. The second kappa shape index (κ2) is 11.4. The number of thioether (sulfide) groups is 1. The van der Waals surface area contributed by atoms with E-state index in [0.29, 0.717) is 6.29 Å². The van der Waals surface area contributed by atoms with Gasteiger partial charge in [0.2, 0.25) is 11.8 Å². The molecule has 0 aliphatic heterocycles. The third-order valence-electron chi connectivity index (χ3n) is 2.54. The fourth-order valence-corrected chi connectivity index (χ4v) is 2.08. The molecule has 0 heterocycles. The molecule has 23 heavy (non-hydrogen) atoms. The van der Waals surface area contributed by atoms with Crippen LogP contribution in [0.25, 0.3) is 0 Å². The van der Waals surface area contributed by atoms with E-state index in [1.54, 1.807) is 0 Å². The van der Waals surface area contributed by atoms with Crippen LogP contribution in [0.15, 0.2) is 0 Å². The fraction of sp³-hybridized carbons (Fsp3) is 0.583. The summed E-state index contributed by atoms with van der Waals surface area (Å²) in [5.74, 6) is -3.60. The summed E-state index contributed by atoms with van der Waals surface area (Å²) in [6.45, 7) is -0.604. The number of aliphatic carboxylic acids is 2. The first kappa shape index (κ1) is 20.9. The summed E-state index contributed by atoms with van der Waals surface area (Å²) in [6.07, 6.45) is 0.325.